The Balaban J connectivity index is 1.70. The Morgan fingerprint density at radius 1 is 1.00 bits per heavy atom. The van der Waals surface area contributed by atoms with Gasteiger partial charge in [-0.3, -0.25) is 4.79 Å². The molecule has 0 radical (unpaired) electrons. The highest BCUT2D eigenvalue weighted by atomic mass is 16.2. The molecule has 2 aromatic rings. The van der Waals surface area contributed by atoms with Crippen molar-refractivity contribution in [2.45, 2.75) is 51.9 Å². The van der Waals surface area contributed by atoms with Crippen molar-refractivity contribution >= 4 is 22.6 Å². The molecule has 1 amide bonds. The summed E-state index contributed by atoms with van der Waals surface area (Å²) in [5, 5.41) is 0.985. The Hall–Kier alpha value is -2.10. The van der Waals surface area contributed by atoms with Crippen molar-refractivity contribution in [1.82, 2.24) is 9.88 Å². The first kappa shape index (κ1) is 18.3. The molecule has 1 aromatic heterocycles. The predicted molar refractivity (Wildman–Crippen MR) is 111 cm³/mol. The van der Waals surface area contributed by atoms with Gasteiger partial charge in [-0.1, -0.05) is 44.4 Å². The molecule has 4 heteroatoms. The van der Waals surface area contributed by atoms with Crippen LogP contribution in [0.3, 0.4) is 0 Å². The highest BCUT2D eigenvalue weighted by Gasteiger charge is 2.23. The van der Waals surface area contributed by atoms with Crippen molar-refractivity contribution in [3.8, 4) is 0 Å². The van der Waals surface area contributed by atoms with Gasteiger partial charge in [0.2, 0.25) is 0 Å². The van der Waals surface area contributed by atoms with E-state index < -0.39 is 0 Å². The third-order valence-electron chi connectivity index (χ3n) is 6.06. The van der Waals surface area contributed by atoms with E-state index in [0.717, 1.165) is 61.3 Å². The zero-order valence-corrected chi connectivity index (χ0v) is 16.5. The lowest BCUT2D eigenvalue weighted by molar-refractivity contribution is 0.0744. The predicted octanol–water partition coefficient (Wildman–Crippen LogP) is 4.88. The van der Waals surface area contributed by atoms with Gasteiger partial charge in [-0.15, -0.1) is 0 Å². The summed E-state index contributed by atoms with van der Waals surface area (Å²) in [5.74, 6) is 1.83. The van der Waals surface area contributed by atoms with Gasteiger partial charge in [0.25, 0.3) is 5.91 Å². The Morgan fingerprint density at radius 2 is 1.74 bits per heavy atom. The fourth-order valence-corrected chi connectivity index (χ4v) is 4.52. The number of likely N-dealkylation sites (tertiary alicyclic amines) is 1. The van der Waals surface area contributed by atoms with Gasteiger partial charge in [-0.25, -0.2) is 4.98 Å². The second-order valence-corrected chi connectivity index (χ2v) is 8.30. The van der Waals surface area contributed by atoms with Gasteiger partial charge in [0.05, 0.1) is 11.1 Å². The number of hydrogen-bond donors (Lipinski definition) is 0. The quantitative estimate of drug-likeness (QED) is 0.761. The molecule has 0 N–H and O–H groups in total. The molecule has 2 fully saturated rings. The second kappa shape index (κ2) is 8.28. The lowest BCUT2D eigenvalue weighted by atomic mass is 9.99. The number of carbonyl (C=O) groups is 1. The molecule has 27 heavy (non-hydrogen) atoms. The minimum absolute atomic E-state index is 0.182. The van der Waals surface area contributed by atoms with Gasteiger partial charge in [-0.2, -0.15) is 0 Å². The Morgan fingerprint density at radius 3 is 2.52 bits per heavy atom. The van der Waals surface area contributed by atoms with Crippen molar-refractivity contribution < 1.29 is 4.79 Å². The van der Waals surface area contributed by atoms with Crippen LogP contribution in [0, 0.1) is 5.92 Å². The standard InChI is InChI=1S/C23H31N3O/c1-18-10-9-15-26(17-18)22-16-20(19-11-5-6-12-21(19)24-22)23(27)25-13-7-3-2-4-8-14-25/h5-6,11-12,16,18H,2-4,7-10,13-15,17H2,1H3/t18-/m0/s1. The van der Waals surface area contributed by atoms with Crippen LogP contribution in [-0.4, -0.2) is 42.0 Å². The number of para-hydroxylation sites is 1. The van der Waals surface area contributed by atoms with Crippen LogP contribution in [0.4, 0.5) is 5.82 Å². The Bertz CT molecular complexity index is 795. The number of amides is 1. The van der Waals surface area contributed by atoms with E-state index in [-0.39, 0.29) is 5.91 Å². The molecule has 4 rings (SSSR count). The molecule has 2 saturated heterocycles. The van der Waals surface area contributed by atoms with Gasteiger partial charge in [0, 0.05) is 31.6 Å². The molecule has 1 aromatic carbocycles. The van der Waals surface area contributed by atoms with E-state index in [1.807, 2.05) is 24.3 Å². The zero-order valence-electron chi connectivity index (χ0n) is 16.5. The summed E-state index contributed by atoms with van der Waals surface area (Å²) in [6.45, 7) is 6.13. The number of carbonyl (C=O) groups excluding carboxylic acids is 1. The lowest BCUT2D eigenvalue weighted by Gasteiger charge is -2.32. The number of fused-ring (bicyclic) bond motifs is 1. The van der Waals surface area contributed by atoms with Crippen LogP contribution in [0.25, 0.3) is 10.9 Å². The molecular formula is C23H31N3O. The van der Waals surface area contributed by atoms with Crippen LogP contribution in [0.1, 0.15) is 62.2 Å². The third kappa shape index (κ3) is 4.10. The first-order chi connectivity index (χ1) is 13.2. The van der Waals surface area contributed by atoms with E-state index in [2.05, 4.69) is 22.8 Å². The molecule has 2 aliphatic heterocycles. The Kier molecular flexibility index (Phi) is 5.61. The SMILES string of the molecule is C[C@H]1CCCN(c2cc(C(=O)N3CCCCCCC3)c3ccccc3n2)C1. The highest BCUT2D eigenvalue weighted by Crippen LogP contribution is 2.28. The number of aromatic nitrogens is 1. The average molecular weight is 366 g/mol. The molecule has 4 nitrogen and oxygen atoms in total. The maximum atomic E-state index is 13.5. The van der Waals surface area contributed by atoms with E-state index >= 15 is 0 Å². The minimum atomic E-state index is 0.182. The fourth-order valence-electron chi connectivity index (χ4n) is 4.52. The number of anilines is 1. The first-order valence-electron chi connectivity index (χ1n) is 10.7. The number of rotatable bonds is 2. The summed E-state index contributed by atoms with van der Waals surface area (Å²) in [7, 11) is 0. The van der Waals surface area contributed by atoms with Crippen LogP contribution in [0.5, 0.6) is 0 Å². The summed E-state index contributed by atoms with van der Waals surface area (Å²) in [6, 6.07) is 10.2. The number of hydrogen-bond acceptors (Lipinski definition) is 3. The monoisotopic (exact) mass is 365 g/mol. The van der Waals surface area contributed by atoms with Gasteiger partial charge in [0.1, 0.15) is 5.82 Å². The topological polar surface area (TPSA) is 36.4 Å². The van der Waals surface area contributed by atoms with E-state index in [1.165, 1.54) is 32.1 Å². The maximum absolute atomic E-state index is 13.5. The molecule has 0 saturated carbocycles. The highest BCUT2D eigenvalue weighted by molar-refractivity contribution is 6.07. The van der Waals surface area contributed by atoms with Crippen LogP contribution in [-0.2, 0) is 0 Å². The fraction of sp³-hybridized carbons (Fsp3) is 0.565. The zero-order chi connectivity index (χ0) is 18.6. The molecule has 1 atom stereocenters. The molecule has 3 heterocycles. The Labute approximate surface area is 162 Å². The number of benzene rings is 1. The van der Waals surface area contributed by atoms with E-state index in [4.69, 9.17) is 4.98 Å². The van der Waals surface area contributed by atoms with Crippen molar-refractivity contribution in [2.24, 2.45) is 5.92 Å². The van der Waals surface area contributed by atoms with E-state index in [9.17, 15) is 4.79 Å². The van der Waals surface area contributed by atoms with Crippen molar-refractivity contribution in [1.29, 1.82) is 0 Å². The number of pyridine rings is 1. The summed E-state index contributed by atoms with van der Waals surface area (Å²) in [5.41, 5.74) is 1.76. The average Bonchev–Trinajstić information content (AvgIpc) is 2.66. The van der Waals surface area contributed by atoms with Gasteiger partial charge in [0.15, 0.2) is 0 Å². The summed E-state index contributed by atoms with van der Waals surface area (Å²) < 4.78 is 0. The van der Waals surface area contributed by atoms with Crippen LogP contribution >= 0.6 is 0 Å². The number of piperidine rings is 1. The van der Waals surface area contributed by atoms with Gasteiger partial charge in [-0.05, 0) is 43.7 Å². The summed E-state index contributed by atoms with van der Waals surface area (Å²) in [4.78, 5) is 22.8. The van der Waals surface area contributed by atoms with Crippen LogP contribution in [0.2, 0.25) is 0 Å². The third-order valence-corrected chi connectivity index (χ3v) is 6.06. The molecule has 2 aliphatic rings. The molecule has 0 bridgehead atoms. The minimum Gasteiger partial charge on any atom is -0.356 e. The maximum Gasteiger partial charge on any atom is 0.254 e. The molecule has 0 aliphatic carbocycles. The smallest absolute Gasteiger partial charge is 0.254 e. The van der Waals surface area contributed by atoms with Crippen molar-refractivity contribution in [2.75, 3.05) is 31.1 Å². The molecule has 144 valence electrons. The molecule has 0 unspecified atom stereocenters. The lowest BCUT2D eigenvalue weighted by Crippen LogP contribution is -2.36. The van der Waals surface area contributed by atoms with E-state index in [0.29, 0.717) is 5.92 Å². The second-order valence-electron chi connectivity index (χ2n) is 8.30. The molecule has 0 spiro atoms. The van der Waals surface area contributed by atoms with E-state index in [1.54, 1.807) is 0 Å². The molecular weight excluding hydrogens is 334 g/mol. The van der Waals surface area contributed by atoms with Gasteiger partial charge < -0.3 is 9.80 Å². The normalized spacial score (nSPS) is 21.7. The van der Waals surface area contributed by atoms with Crippen molar-refractivity contribution in [3.05, 3.63) is 35.9 Å². The first-order valence-corrected chi connectivity index (χ1v) is 10.7. The van der Waals surface area contributed by atoms with Crippen molar-refractivity contribution in [3.63, 3.8) is 0 Å². The summed E-state index contributed by atoms with van der Waals surface area (Å²) in [6.07, 6.45) is 8.48. The van der Waals surface area contributed by atoms with Crippen LogP contribution in [0.15, 0.2) is 30.3 Å². The largest absolute Gasteiger partial charge is 0.356 e. The van der Waals surface area contributed by atoms with Crippen LogP contribution < -0.4 is 4.90 Å². The van der Waals surface area contributed by atoms with Gasteiger partial charge >= 0.3 is 0 Å². The summed E-state index contributed by atoms with van der Waals surface area (Å²) >= 11 is 0. The number of nitrogens with zero attached hydrogens (tertiary/aromatic N) is 3.